The van der Waals surface area contributed by atoms with E-state index in [0.717, 1.165) is 15.9 Å². The van der Waals surface area contributed by atoms with Crippen molar-refractivity contribution in [1.82, 2.24) is 9.55 Å². The highest BCUT2D eigenvalue weighted by Crippen LogP contribution is 2.29. The van der Waals surface area contributed by atoms with Gasteiger partial charge in [0.15, 0.2) is 0 Å². The molecule has 4 aromatic rings. The summed E-state index contributed by atoms with van der Waals surface area (Å²) in [7, 11) is 0. The highest BCUT2D eigenvalue weighted by atomic mass is 35.5. The van der Waals surface area contributed by atoms with Gasteiger partial charge in [0.1, 0.15) is 22.5 Å². The number of nitrogens with one attached hydrogen (secondary N) is 1. The predicted octanol–water partition coefficient (Wildman–Crippen LogP) is 4.37. The van der Waals surface area contributed by atoms with E-state index in [0.29, 0.717) is 5.56 Å². The highest BCUT2D eigenvalue weighted by Gasteiger charge is 2.21. The van der Waals surface area contributed by atoms with E-state index >= 15 is 0 Å². The molecular weight excluding hydrogens is 447 g/mol. The summed E-state index contributed by atoms with van der Waals surface area (Å²) in [4.78, 5) is 39.4. The molecule has 0 radical (unpaired) electrons. The number of rotatable bonds is 5. The number of fused-ring (bicyclic) bond motifs is 1. The van der Waals surface area contributed by atoms with Crippen LogP contribution in [0.5, 0.6) is 5.75 Å². The number of aromatic carboxylic acids is 1. The van der Waals surface area contributed by atoms with Crippen molar-refractivity contribution in [3.8, 4) is 11.4 Å². The van der Waals surface area contributed by atoms with E-state index in [-0.39, 0.29) is 32.2 Å². The Hall–Kier alpha value is -3.43. The van der Waals surface area contributed by atoms with Gasteiger partial charge in [-0.25, -0.2) is 18.5 Å². The highest BCUT2D eigenvalue weighted by molar-refractivity contribution is 7.13. The molecule has 4 rings (SSSR count). The molecule has 0 saturated carbocycles. The number of aromatic amines is 1. The summed E-state index contributed by atoms with van der Waals surface area (Å²) in [5, 5.41) is 10.7. The van der Waals surface area contributed by atoms with E-state index in [1.165, 1.54) is 29.6 Å². The summed E-state index contributed by atoms with van der Waals surface area (Å²) < 4.78 is 20.6. The molecule has 2 heterocycles. The van der Waals surface area contributed by atoms with E-state index in [2.05, 4.69) is 4.98 Å². The first-order valence-corrected chi connectivity index (χ1v) is 10.2. The zero-order chi connectivity index (χ0) is 22.3. The summed E-state index contributed by atoms with van der Waals surface area (Å²) in [5.74, 6) is -1.47. The van der Waals surface area contributed by atoms with E-state index in [9.17, 15) is 23.9 Å². The second-order valence-corrected chi connectivity index (χ2v) is 7.91. The summed E-state index contributed by atoms with van der Waals surface area (Å²) in [5.41, 5.74) is -1.13. The van der Waals surface area contributed by atoms with Crippen LogP contribution in [0.25, 0.3) is 16.6 Å². The zero-order valence-corrected chi connectivity index (χ0v) is 17.5. The minimum Gasteiger partial charge on any atom is -0.486 e. The summed E-state index contributed by atoms with van der Waals surface area (Å²) in [6, 6.07) is 10.5. The van der Waals surface area contributed by atoms with Crippen LogP contribution >= 0.6 is 22.9 Å². The van der Waals surface area contributed by atoms with Crippen molar-refractivity contribution in [3.05, 3.63) is 90.0 Å². The van der Waals surface area contributed by atoms with Crippen molar-refractivity contribution < 1.29 is 19.0 Å². The Labute approximate surface area is 182 Å². The Bertz CT molecular complexity index is 1440. The summed E-state index contributed by atoms with van der Waals surface area (Å²) in [6.07, 6.45) is -0.664. The number of hydrogen-bond donors (Lipinski definition) is 2. The number of carbonyl (C=O) groups is 1. The molecule has 1 unspecified atom stereocenters. The fourth-order valence-corrected chi connectivity index (χ4v) is 4.25. The van der Waals surface area contributed by atoms with E-state index in [1.807, 2.05) is 0 Å². The molecule has 0 aliphatic heterocycles. The minimum atomic E-state index is -1.28. The van der Waals surface area contributed by atoms with E-state index < -0.39 is 29.1 Å². The number of hydrogen-bond acceptors (Lipinski definition) is 5. The SMILES string of the molecule is CC(Oc1ccc(Cl)c(-n2c(=O)[nH]c3csc(C(=O)O)c3c2=O)c1)c1ccccc1F. The average molecular weight is 461 g/mol. The lowest BCUT2D eigenvalue weighted by atomic mass is 10.1. The van der Waals surface area contributed by atoms with Gasteiger partial charge in [0.25, 0.3) is 5.56 Å². The third kappa shape index (κ3) is 3.73. The van der Waals surface area contributed by atoms with Crippen molar-refractivity contribution in [2.24, 2.45) is 0 Å². The Balaban J connectivity index is 1.83. The second kappa shape index (κ2) is 8.01. The number of ether oxygens (including phenoxy) is 1. The lowest BCUT2D eigenvalue weighted by Crippen LogP contribution is -2.34. The van der Waals surface area contributed by atoms with Gasteiger partial charge in [0.2, 0.25) is 0 Å². The summed E-state index contributed by atoms with van der Waals surface area (Å²) in [6.45, 7) is 1.65. The normalized spacial score (nSPS) is 12.1. The number of nitrogens with zero attached hydrogens (tertiary/aromatic N) is 1. The maximum absolute atomic E-state index is 14.0. The van der Waals surface area contributed by atoms with Gasteiger partial charge in [0, 0.05) is 17.0 Å². The van der Waals surface area contributed by atoms with Crippen molar-refractivity contribution in [2.45, 2.75) is 13.0 Å². The summed E-state index contributed by atoms with van der Waals surface area (Å²) >= 11 is 7.08. The molecule has 31 heavy (non-hydrogen) atoms. The van der Waals surface area contributed by atoms with Crippen LogP contribution in [-0.2, 0) is 0 Å². The maximum Gasteiger partial charge on any atom is 0.346 e. The van der Waals surface area contributed by atoms with Crippen molar-refractivity contribution in [1.29, 1.82) is 0 Å². The lowest BCUT2D eigenvalue weighted by molar-refractivity contribution is 0.0704. The van der Waals surface area contributed by atoms with Crippen LogP contribution in [-0.4, -0.2) is 20.6 Å². The molecule has 10 heteroatoms. The zero-order valence-electron chi connectivity index (χ0n) is 15.9. The van der Waals surface area contributed by atoms with Gasteiger partial charge < -0.3 is 14.8 Å². The number of carboxylic acid groups (broad SMARTS) is 1. The average Bonchev–Trinajstić information content (AvgIpc) is 3.15. The predicted molar refractivity (Wildman–Crippen MR) is 115 cm³/mol. The molecular formula is C21H14ClFN2O5S. The van der Waals surface area contributed by atoms with Crippen LogP contribution in [0.1, 0.15) is 28.3 Å². The number of aromatic nitrogens is 2. The Morgan fingerprint density at radius 2 is 2.00 bits per heavy atom. The fraction of sp³-hybridized carbons (Fsp3) is 0.0952. The molecule has 158 valence electrons. The van der Waals surface area contributed by atoms with Gasteiger partial charge in [-0.05, 0) is 25.1 Å². The minimum absolute atomic E-state index is 0.00980. The van der Waals surface area contributed by atoms with Gasteiger partial charge in [-0.2, -0.15) is 0 Å². The van der Waals surface area contributed by atoms with Crippen molar-refractivity contribution in [2.75, 3.05) is 0 Å². The monoisotopic (exact) mass is 460 g/mol. The van der Waals surface area contributed by atoms with Crippen LogP contribution in [0.15, 0.2) is 57.4 Å². The first-order valence-electron chi connectivity index (χ1n) is 8.98. The molecule has 0 fully saturated rings. The maximum atomic E-state index is 14.0. The molecule has 2 aromatic carbocycles. The number of halogens is 2. The first kappa shape index (κ1) is 20.8. The molecule has 0 aliphatic carbocycles. The molecule has 0 amide bonds. The standard InChI is InChI=1S/C21H14ClFN2O5S/c1-10(12-4-2-3-5-14(12)23)30-11-6-7-13(22)16(8-11)25-19(26)17-15(24-21(25)29)9-31-18(17)20(27)28/h2-10H,1H3,(H,24,29)(H,27,28). The van der Waals surface area contributed by atoms with Crippen LogP contribution in [0.3, 0.4) is 0 Å². The van der Waals surface area contributed by atoms with E-state index in [4.69, 9.17) is 16.3 Å². The third-order valence-electron chi connectivity index (χ3n) is 4.66. The van der Waals surface area contributed by atoms with Crippen molar-refractivity contribution in [3.63, 3.8) is 0 Å². The van der Waals surface area contributed by atoms with Gasteiger partial charge in [-0.3, -0.25) is 4.79 Å². The van der Waals surface area contributed by atoms with Crippen LogP contribution in [0.2, 0.25) is 5.02 Å². The van der Waals surface area contributed by atoms with Crippen LogP contribution < -0.4 is 16.0 Å². The van der Waals surface area contributed by atoms with E-state index in [1.54, 1.807) is 25.1 Å². The quantitative estimate of drug-likeness (QED) is 0.460. The second-order valence-electron chi connectivity index (χ2n) is 6.62. The largest absolute Gasteiger partial charge is 0.486 e. The number of thiophene rings is 1. The lowest BCUT2D eigenvalue weighted by Gasteiger charge is -2.17. The smallest absolute Gasteiger partial charge is 0.346 e. The van der Waals surface area contributed by atoms with Gasteiger partial charge in [-0.15, -0.1) is 11.3 Å². The number of benzene rings is 2. The molecule has 2 N–H and O–H groups in total. The van der Waals surface area contributed by atoms with Gasteiger partial charge in [0.05, 0.1) is 21.6 Å². The Morgan fingerprint density at radius 1 is 1.26 bits per heavy atom. The number of H-pyrrole nitrogens is 1. The molecule has 1 atom stereocenters. The molecule has 0 aliphatic rings. The molecule has 0 bridgehead atoms. The Kier molecular flexibility index (Phi) is 5.38. The Morgan fingerprint density at radius 3 is 2.71 bits per heavy atom. The van der Waals surface area contributed by atoms with Crippen molar-refractivity contribution >= 4 is 39.8 Å². The third-order valence-corrected chi connectivity index (χ3v) is 5.95. The molecule has 7 nitrogen and oxygen atoms in total. The molecule has 2 aromatic heterocycles. The topological polar surface area (TPSA) is 101 Å². The van der Waals surface area contributed by atoms with Crippen LogP contribution in [0, 0.1) is 5.82 Å². The molecule has 0 saturated heterocycles. The van der Waals surface area contributed by atoms with Gasteiger partial charge >= 0.3 is 11.7 Å². The first-order chi connectivity index (χ1) is 14.8. The molecule has 0 spiro atoms. The fourth-order valence-electron chi connectivity index (χ4n) is 3.22. The van der Waals surface area contributed by atoms with Crippen LogP contribution in [0.4, 0.5) is 4.39 Å². The van der Waals surface area contributed by atoms with Gasteiger partial charge in [-0.1, -0.05) is 29.8 Å². The number of carboxylic acids is 1.